The molecule has 0 aliphatic heterocycles. The molecule has 0 aliphatic carbocycles. The number of benzene rings is 8. The molecule has 0 fully saturated rings. The Hall–Kier alpha value is -6.51. The number of thiophene rings is 2. The van der Waals surface area contributed by atoms with Crippen molar-refractivity contribution in [1.82, 2.24) is 4.57 Å². The molecule has 0 N–H and O–H groups in total. The van der Waals surface area contributed by atoms with Crippen molar-refractivity contribution in [2.24, 2.45) is 0 Å². The van der Waals surface area contributed by atoms with Crippen molar-refractivity contribution in [1.29, 1.82) is 0 Å². The van der Waals surface area contributed by atoms with Crippen LogP contribution in [0.15, 0.2) is 170 Å². The number of nitrogens with zero attached hydrogens (tertiary/aromatic N) is 2. The SMILES string of the molecule is [C-]#[N+]c1cc(-c2cccc3c2sc2ccccc23)cc2c1sc1c(-n3c4ccc(-c5ccccc5)cc4c4cc(-c5ccccc5)ccc43)cccc12. The average Bonchev–Trinajstić information content (AvgIpc) is 3.90. The Bertz CT molecular complexity index is 3190. The minimum absolute atomic E-state index is 0.699. The third-order valence-electron chi connectivity index (χ3n) is 10.6. The Morgan fingerprint density at radius 3 is 1.66 bits per heavy atom. The van der Waals surface area contributed by atoms with E-state index in [0.29, 0.717) is 5.69 Å². The summed E-state index contributed by atoms with van der Waals surface area (Å²) in [5.74, 6) is 0. The largest absolute Gasteiger partial charge is 0.308 e. The van der Waals surface area contributed by atoms with Gasteiger partial charge in [-0.3, -0.25) is 0 Å². The van der Waals surface area contributed by atoms with Crippen molar-refractivity contribution in [2.45, 2.75) is 0 Å². The highest BCUT2D eigenvalue weighted by atomic mass is 32.1. The Morgan fingerprint density at radius 2 is 0.981 bits per heavy atom. The third-order valence-corrected chi connectivity index (χ3v) is 13.1. The summed E-state index contributed by atoms with van der Waals surface area (Å²) in [6.45, 7) is 8.33. The molecule has 0 spiro atoms. The van der Waals surface area contributed by atoms with E-state index in [9.17, 15) is 0 Å². The summed E-state index contributed by atoms with van der Waals surface area (Å²) in [7, 11) is 0. The second kappa shape index (κ2) is 11.8. The number of rotatable bonds is 4. The van der Waals surface area contributed by atoms with E-state index in [2.05, 4.69) is 179 Å². The van der Waals surface area contributed by atoms with Crippen molar-refractivity contribution in [3.05, 3.63) is 181 Å². The van der Waals surface area contributed by atoms with E-state index in [0.717, 1.165) is 32.4 Å². The van der Waals surface area contributed by atoms with E-state index in [4.69, 9.17) is 6.57 Å². The van der Waals surface area contributed by atoms with Crippen LogP contribution in [-0.2, 0) is 0 Å². The predicted octanol–water partition coefficient (Wildman–Crippen LogP) is 15.1. The Morgan fingerprint density at radius 1 is 0.396 bits per heavy atom. The molecule has 0 atom stereocenters. The van der Waals surface area contributed by atoms with Crippen LogP contribution in [0.5, 0.6) is 0 Å². The van der Waals surface area contributed by atoms with Crippen LogP contribution in [0.3, 0.4) is 0 Å². The molecule has 3 aromatic heterocycles. The lowest BCUT2D eigenvalue weighted by molar-refractivity contribution is 1.20. The molecule has 3 heterocycles. The number of fused-ring (bicyclic) bond motifs is 9. The van der Waals surface area contributed by atoms with Crippen LogP contribution in [0, 0.1) is 6.57 Å². The van der Waals surface area contributed by atoms with Crippen molar-refractivity contribution >= 4 is 90.5 Å². The standard InChI is InChI=1S/C49H28N2S2/c1-50-42-29-34(35-17-10-18-37-36-16-8-9-21-46(36)52-47(35)37)28-41-38-19-11-20-45(49(38)53-48(41)42)51-43-24-22-32(30-12-4-2-5-13-30)26-39(43)40-27-33(23-25-44(40)51)31-14-6-3-7-15-31/h2-29H. The van der Waals surface area contributed by atoms with Crippen LogP contribution >= 0.6 is 22.7 Å². The predicted molar refractivity (Wildman–Crippen MR) is 229 cm³/mol. The van der Waals surface area contributed by atoms with Crippen molar-refractivity contribution in [3.63, 3.8) is 0 Å². The first-order chi connectivity index (χ1) is 26.2. The molecule has 0 bridgehead atoms. The second-order valence-electron chi connectivity index (χ2n) is 13.6. The first-order valence-corrected chi connectivity index (χ1v) is 19.3. The highest BCUT2D eigenvalue weighted by molar-refractivity contribution is 7.27. The molecule has 0 saturated heterocycles. The molecule has 4 heteroatoms. The molecular formula is C49H28N2S2. The summed E-state index contributed by atoms with van der Waals surface area (Å²) in [4.78, 5) is 4.13. The summed E-state index contributed by atoms with van der Waals surface area (Å²) < 4.78 is 7.20. The van der Waals surface area contributed by atoms with Crippen LogP contribution in [-0.4, -0.2) is 4.57 Å². The quantitative estimate of drug-likeness (QED) is 0.161. The zero-order chi connectivity index (χ0) is 35.0. The summed E-state index contributed by atoms with van der Waals surface area (Å²) in [6.07, 6.45) is 0. The summed E-state index contributed by atoms with van der Waals surface area (Å²) >= 11 is 3.57. The highest BCUT2D eigenvalue weighted by Gasteiger charge is 2.20. The fraction of sp³-hybridized carbons (Fsp3) is 0. The Labute approximate surface area is 313 Å². The molecule has 0 saturated carbocycles. The van der Waals surface area contributed by atoms with Crippen LogP contribution in [0.25, 0.3) is 106 Å². The van der Waals surface area contributed by atoms with Gasteiger partial charge in [-0.1, -0.05) is 121 Å². The van der Waals surface area contributed by atoms with Gasteiger partial charge in [0.15, 0.2) is 0 Å². The highest BCUT2D eigenvalue weighted by Crippen LogP contribution is 2.48. The Kier molecular flexibility index (Phi) is 6.69. The average molecular weight is 709 g/mol. The van der Waals surface area contributed by atoms with Gasteiger partial charge in [0.25, 0.3) is 0 Å². The van der Waals surface area contributed by atoms with Gasteiger partial charge in [-0.2, -0.15) is 0 Å². The van der Waals surface area contributed by atoms with Crippen LogP contribution in [0.4, 0.5) is 5.69 Å². The fourth-order valence-electron chi connectivity index (χ4n) is 8.16. The lowest BCUT2D eigenvalue weighted by Gasteiger charge is -2.10. The van der Waals surface area contributed by atoms with Crippen LogP contribution in [0.2, 0.25) is 0 Å². The van der Waals surface area contributed by atoms with E-state index in [1.54, 1.807) is 11.3 Å². The summed E-state index contributed by atoms with van der Waals surface area (Å²) in [5.41, 5.74) is 11.2. The minimum atomic E-state index is 0.699. The van der Waals surface area contributed by atoms with Crippen LogP contribution in [0.1, 0.15) is 0 Å². The molecule has 2 nitrogen and oxygen atoms in total. The van der Waals surface area contributed by atoms with E-state index in [1.807, 2.05) is 11.3 Å². The molecule has 0 amide bonds. The smallest absolute Gasteiger partial charge is 0.205 e. The summed E-state index contributed by atoms with van der Waals surface area (Å²) in [6, 6.07) is 61.3. The van der Waals surface area contributed by atoms with E-state index in [-0.39, 0.29) is 0 Å². The number of hydrogen-bond donors (Lipinski definition) is 0. The van der Waals surface area contributed by atoms with Gasteiger partial charge in [-0.05, 0) is 87.3 Å². The zero-order valence-corrected chi connectivity index (χ0v) is 30.0. The van der Waals surface area contributed by atoms with Gasteiger partial charge in [0.1, 0.15) is 0 Å². The van der Waals surface area contributed by atoms with Crippen LogP contribution < -0.4 is 0 Å². The molecule has 53 heavy (non-hydrogen) atoms. The van der Waals surface area contributed by atoms with Gasteiger partial charge in [-0.15, -0.1) is 22.7 Å². The molecule has 11 rings (SSSR count). The molecule has 0 unspecified atom stereocenters. The maximum Gasteiger partial charge on any atom is 0.205 e. The van der Waals surface area contributed by atoms with Crippen molar-refractivity contribution in [2.75, 3.05) is 0 Å². The zero-order valence-electron chi connectivity index (χ0n) is 28.4. The van der Waals surface area contributed by atoms with Crippen molar-refractivity contribution < 1.29 is 0 Å². The van der Waals surface area contributed by atoms with Gasteiger partial charge < -0.3 is 4.57 Å². The van der Waals surface area contributed by atoms with E-state index < -0.39 is 0 Å². The number of aromatic nitrogens is 1. The normalized spacial score (nSPS) is 11.8. The lowest BCUT2D eigenvalue weighted by Crippen LogP contribution is -1.94. The van der Waals surface area contributed by atoms with E-state index >= 15 is 0 Å². The maximum absolute atomic E-state index is 8.33. The lowest BCUT2D eigenvalue weighted by atomic mass is 9.99. The van der Waals surface area contributed by atoms with Gasteiger partial charge >= 0.3 is 0 Å². The van der Waals surface area contributed by atoms with Crippen molar-refractivity contribution in [3.8, 4) is 39.1 Å². The van der Waals surface area contributed by atoms with Gasteiger partial charge in [0.2, 0.25) is 5.69 Å². The molecular weight excluding hydrogens is 681 g/mol. The number of hydrogen-bond acceptors (Lipinski definition) is 2. The fourth-order valence-corrected chi connectivity index (χ4v) is 10.6. The molecule has 8 aromatic carbocycles. The molecule has 11 aromatic rings. The molecule has 246 valence electrons. The molecule has 0 radical (unpaired) electrons. The topological polar surface area (TPSA) is 9.29 Å². The van der Waals surface area contributed by atoms with Gasteiger partial charge in [0.05, 0.1) is 28.0 Å². The first kappa shape index (κ1) is 30.1. The maximum atomic E-state index is 8.33. The second-order valence-corrected chi connectivity index (χ2v) is 15.6. The minimum Gasteiger partial charge on any atom is -0.308 e. The van der Waals surface area contributed by atoms with Gasteiger partial charge in [-0.25, -0.2) is 4.85 Å². The monoisotopic (exact) mass is 708 g/mol. The molecule has 0 aliphatic rings. The van der Waals surface area contributed by atoms with E-state index in [1.165, 1.54) is 68.8 Å². The first-order valence-electron chi connectivity index (χ1n) is 17.7. The third kappa shape index (κ3) is 4.62. The summed E-state index contributed by atoms with van der Waals surface area (Å²) in [5, 5.41) is 7.30. The Balaban J connectivity index is 1.17. The van der Waals surface area contributed by atoms with Gasteiger partial charge in [0, 0.05) is 41.0 Å².